The number of carbonyl (C=O) groups excluding carboxylic acids is 1. The second-order valence-corrected chi connectivity index (χ2v) is 9.78. The fourth-order valence-corrected chi connectivity index (χ4v) is 5.74. The Kier molecular flexibility index (Phi) is 8.36. The molecule has 2 rings (SSSR count). The lowest BCUT2D eigenvalue weighted by Gasteiger charge is -2.39. The first-order chi connectivity index (χ1) is 12.4. The fraction of sp³-hybridized carbons (Fsp3) is 0.947. The molecular weight excluding hydrogens is 350 g/mol. The van der Waals surface area contributed by atoms with E-state index in [2.05, 4.69) is 13.8 Å². The van der Waals surface area contributed by atoms with Crippen LogP contribution in [0.3, 0.4) is 0 Å². The van der Waals surface area contributed by atoms with E-state index in [-0.39, 0.29) is 17.9 Å². The summed E-state index contributed by atoms with van der Waals surface area (Å²) in [4.78, 5) is 14.6. The number of carbonyl (C=O) groups is 1. The summed E-state index contributed by atoms with van der Waals surface area (Å²) in [6.07, 6.45) is 9.34. The molecule has 0 N–H and O–H groups in total. The first kappa shape index (κ1) is 21.6. The zero-order chi connectivity index (χ0) is 19.2. The minimum atomic E-state index is -3.42. The van der Waals surface area contributed by atoms with Crippen molar-refractivity contribution in [1.29, 1.82) is 0 Å². The molecule has 1 amide bonds. The first-order valence-corrected chi connectivity index (χ1v) is 11.8. The average molecular weight is 388 g/mol. The van der Waals surface area contributed by atoms with E-state index in [0.717, 1.165) is 51.4 Å². The second-order valence-electron chi connectivity index (χ2n) is 7.79. The molecule has 2 aliphatic rings. The van der Waals surface area contributed by atoms with Crippen LogP contribution in [0.1, 0.15) is 71.6 Å². The standard InChI is InChI=1S/C19H37N3O3S/c1-4-6-10-17(5-2)19(23)21-13-15-22(16-14-21)26(24,25)20(3)18-11-8-7-9-12-18/h17-18H,4-16H2,1-3H3. The van der Waals surface area contributed by atoms with Crippen LogP contribution < -0.4 is 0 Å². The maximum Gasteiger partial charge on any atom is 0.282 e. The summed E-state index contributed by atoms with van der Waals surface area (Å²) in [5.74, 6) is 0.293. The van der Waals surface area contributed by atoms with E-state index in [9.17, 15) is 13.2 Å². The van der Waals surface area contributed by atoms with Gasteiger partial charge in [0.05, 0.1) is 0 Å². The molecular formula is C19H37N3O3S. The highest BCUT2D eigenvalue weighted by atomic mass is 32.2. The molecule has 1 atom stereocenters. The lowest BCUT2D eigenvalue weighted by Crippen LogP contribution is -2.55. The van der Waals surface area contributed by atoms with E-state index in [1.54, 1.807) is 15.7 Å². The molecule has 0 radical (unpaired) electrons. The van der Waals surface area contributed by atoms with E-state index in [1.165, 1.54) is 6.42 Å². The number of unbranched alkanes of at least 4 members (excludes halogenated alkanes) is 1. The number of hydrogen-bond donors (Lipinski definition) is 0. The molecule has 1 saturated heterocycles. The largest absolute Gasteiger partial charge is 0.340 e. The lowest BCUT2D eigenvalue weighted by molar-refractivity contribution is -0.137. The Morgan fingerprint density at radius 2 is 1.69 bits per heavy atom. The van der Waals surface area contributed by atoms with Gasteiger partial charge in [0, 0.05) is 45.2 Å². The van der Waals surface area contributed by atoms with Crippen LogP contribution in [0.15, 0.2) is 0 Å². The Balaban J connectivity index is 1.90. The first-order valence-electron chi connectivity index (χ1n) is 10.4. The highest BCUT2D eigenvalue weighted by Gasteiger charge is 2.36. The highest BCUT2D eigenvalue weighted by molar-refractivity contribution is 7.86. The van der Waals surface area contributed by atoms with Crippen molar-refractivity contribution in [2.75, 3.05) is 33.2 Å². The van der Waals surface area contributed by atoms with Gasteiger partial charge < -0.3 is 4.90 Å². The fourth-order valence-electron chi connectivity index (χ4n) is 4.17. The predicted molar refractivity (Wildman–Crippen MR) is 105 cm³/mol. The van der Waals surface area contributed by atoms with Crippen LogP contribution in [0.5, 0.6) is 0 Å². The van der Waals surface area contributed by atoms with Crippen molar-refractivity contribution in [2.45, 2.75) is 77.7 Å². The maximum absolute atomic E-state index is 12.9. The van der Waals surface area contributed by atoms with Crippen molar-refractivity contribution in [3.63, 3.8) is 0 Å². The third-order valence-corrected chi connectivity index (χ3v) is 8.12. The van der Waals surface area contributed by atoms with Crippen LogP contribution in [-0.4, -0.2) is 67.1 Å². The van der Waals surface area contributed by atoms with Gasteiger partial charge in [-0.05, 0) is 25.7 Å². The number of piperazine rings is 1. The normalized spacial score (nSPS) is 21.9. The molecule has 1 aliphatic carbocycles. The number of rotatable bonds is 8. The molecule has 1 unspecified atom stereocenters. The molecule has 0 aromatic rings. The van der Waals surface area contributed by atoms with Gasteiger partial charge in [0.15, 0.2) is 0 Å². The summed E-state index contributed by atoms with van der Waals surface area (Å²) in [5.41, 5.74) is 0. The quantitative estimate of drug-likeness (QED) is 0.643. The zero-order valence-electron chi connectivity index (χ0n) is 16.8. The molecule has 0 bridgehead atoms. The maximum atomic E-state index is 12.9. The highest BCUT2D eigenvalue weighted by Crippen LogP contribution is 2.25. The molecule has 0 aromatic carbocycles. The van der Waals surface area contributed by atoms with Crippen LogP contribution in [0.25, 0.3) is 0 Å². The summed E-state index contributed by atoms with van der Waals surface area (Å²) in [6.45, 7) is 6.06. The van der Waals surface area contributed by atoms with Gasteiger partial charge in [0.2, 0.25) is 5.91 Å². The van der Waals surface area contributed by atoms with Gasteiger partial charge in [0.25, 0.3) is 10.2 Å². The van der Waals surface area contributed by atoms with Crippen molar-refractivity contribution in [1.82, 2.24) is 13.5 Å². The summed E-state index contributed by atoms with van der Waals surface area (Å²) in [6, 6.07) is 0.131. The molecule has 1 saturated carbocycles. The summed E-state index contributed by atoms with van der Waals surface area (Å²) >= 11 is 0. The SMILES string of the molecule is CCCCC(CC)C(=O)N1CCN(S(=O)(=O)N(C)C2CCCCC2)CC1. The van der Waals surface area contributed by atoms with Crippen molar-refractivity contribution < 1.29 is 13.2 Å². The van der Waals surface area contributed by atoms with Crippen LogP contribution in [0, 0.1) is 5.92 Å². The van der Waals surface area contributed by atoms with Gasteiger partial charge in [-0.3, -0.25) is 4.79 Å². The monoisotopic (exact) mass is 387 g/mol. The van der Waals surface area contributed by atoms with E-state index >= 15 is 0 Å². The van der Waals surface area contributed by atoms with E-state index in [1.807, 2.05) is 4.90 Å². The lowest BCUT2D eigenvalue weighted by atomic mass is 9.96. The Labute approximate surface area is 160 Å². The smallest absolute Gasteiger partial charge is 0.282 e. The minimum Gasteiger partial charge on any atom is -0.340 e. The molecule has 6 nitrogen and oxygen atoms in total. The Morgan fingerprint density at radius 1 is 1.08 bits per heavy atom. The van der Waals surface area contributed by atoms with Gasteiger partial charge >= 0.3 is 0 Å². The third kappa shape index (κ3) is 5.20. The molecule has 0 spiro atoms. The molecule has 2 fully saturated rings. The van der Waals surface area contributed by atoms with Crippen molar-refractivity contribution in [2.24, 2.45) is 5.92 Å². The average Bonchev–Trinajstić information content (AvgIpc) is 2.68. The predicted octanol–water partition coefficient (Wildman–Crippen LogP) is 2.86. The summed E-state index contributed by atoms with van der Waals surface area (Å²) < 4.78 is 29.0. The summed E-state index contributed by atoms with van der Waals surface area (Å²) in [7, 11) is -1.70. The summed E-state index contributed by atoms with van der Waals surface area (Å²) in [5, 5.41) is 0. The Bertz CT molecular complexity index is 538. The zero-order valence-corrected chi connectivity index (χ0v) is 17.6. The van der Waals surface area contributed by atoms with Gasteiger partial charge in [0.1, 0.15) is 0 Å². The second kappa shape index (κ2) is 10.0. The van der Waals surface area contributed by atoms with Crippen molar-refractivity contribution in [3.05, 3.63) is 0 Å². The van der Waals surface area contributed by atoms with E-state index in [4.69, 9.17) is 0 Å². The van der Waals surface area contributed by atoms with Crippen LogP contribution in [0.2, 0.25) is 0 Å². The topological polar surface area (TPSA) is 60.9 Å². The molecule has 1 aliphatic heterocycles. The van der Waals surface area contributed by atoms with E-state index < -0.39 is 10.2 Å². The van der Waals surface area contributed by atoms with Crippen LogP contribution in [-0.2, 0) is 15.0 Å². The number of nitrogens with zero attached hydrogens (tertiary/aromatic N) is 3. The van der Waals surface area contributed by atoms with Gasteiger partial charge in [-0.15, -0.1) is 0 Å². The molecule has 152 valence electrons. The Hall–Kier alpha value is -0.660. The molecule has 26 heavy (non-hydrogen) atoms. The number of amides is 1. The van der Waals surface area contributed by atoms with E-state index in [0.29, 0.717) is 26.2 Å². The van der Waals surface area contributed by atoms with Crippen LogP contribution >= 0.6 is 0 Å². The Morgan fingerprint density at radius 3 is 2.23 bits per heavy atom. The number of hydrogen-bond acceptors (Lipinski definition) is 3. The molecule has 0 aromatic heterocycles. The molecule has 1 heterocycles. The third-order valence-electron chi connectivity index (χ3n) is 6.08. The minimum absolute atomic E-state index is 0.0861. The molecule has 7 heteroatoms. The van der Waals surface area contributed by atoms with Crippen molar-refractivity contribution >= 4 is 16.1 Å². The van der Waals surface area contributed by atoms with Crippen molar-refractivity contribution in [3.8, 4) is 0 Å². The van der Waals surface area contributed by atoms with Gasteiger partial charge in [-0.25, -0.2) is 0 Å². The van der Waals surface area contributed by atoms with Gasteiger partial charge in [-0.1, -0.05) is 46.0 Å². The van der Waals surface area contributed by atoms with Gasteiger partial charge in [-0.2, -0.15) is 17.0 Å². The van der Waals surface area contributed by atoms with Crippen LogP contribution in [0.4, 0.5) is 0 Å².